The minimum Gasteiger partial charge on any atom is -0.493 e. The van der Waals surface area contributed by atoms with Gasteiger partial charge in [0.25, 0.3) is 0 Å². The van der Waals surface area contributed by atoms with Gasteiger partial charge in [0.2, 0.25) is 11.9 Å². The molecular weight excluding hydrogens is 528 g/mol. The van der Waals surface area contributed by atoms with Gasteiger partial charge in [0, 0.05) is 62.9 Å². The molecule has 1 N–H and O–H groups in total. The highest BCUT2D eigenvalue weighted by Crippen LogP contribution is 2.27. The van der Waals surface area contributed by atoms with Gasteiger partial charge in [0.05, 0.1) is 25.5 Å². The predicted octanol–water partition coefficient (Wildman–Crippen LogP) is 4.90. The second-order valence-corrected chi connectivity index (χ2v) is 10.6. The molecule has 9 heteroatoms. The molecule has 0 saturated carbocycles. The molecule has 0 aliphatic carbocycles. The van der Waals surface area contributed by atoms with Crippen LogP contribution in [0.5, 0.6) is 5.75 Å². The monoisotopic (exact) mass is 568 g/mol. The Balaban J connectivity index is 1.33. The lowest BCUT2D eigenvalue weighted by Crippen LogP contribution is -2.37. The number of nitrogens with zero attached hydrogens (tertiary/aromatic N) is 5. The third kappa shape index (κ3) is 8.18. The van der Waals surface area contributed by atoms with Crippen molar-refractivity contribution >= 4 is 23.2 Å². The molecule has 220 valence electrons. The van der Waals surface area contributed by atoms with E-state index in [-0.39, 0.29) is 5.91 Å². The van der Waals surface area contributed by atoms with Gasteiger partial charge >= 0.3 is 0 Å². The second kappa shape index (κ2) is 14.6. The van der Waals surface area contributed by atoms with Crippen LogP contribution >= 0.6 is 0 Å². The summed E-state index contributed by atoms with van der Waals surface area (Å²) in [7, 11) is 2.11. The molecule has 0 spiro atoms. The molecule has 1 aromatic heterocycles. The molecule has 2 aromatic carbocycles. The van der Waals surface area contributed by atoms with Gasteiger partial charge in [-0.1, -0.05) is 30.9 Å². The quantitative estimate of drug-likeness (QED) is 0.344. The summed E-state index contributed by atoms with van der Waals surface area (Å²) < 4.78 is 11.9. The fraction of sp³-hybridized carbons (Fsp3) is 0.364. The summed E-state index contributed by atoms with van der Waals surface area (Å²) >= 11 is 0. The highest BCUT2D eigenvalue weighted by Gasteiger charge is 2.18. The smallest absolute Gasteiger partial charge is 0.245 e. The van der Waals surface area contributed by atoms with E-state index in [2.05, 4.69) is 58.0 Å². The van der Waals surface area contributed by atoms with Crippen LogP contribution in [0.2, 0.25) is 0 Å². The minimum atomic E-state index is 0.0174. The number of carbonyl (C=O) groups is 1. The van der Waals surface area contributed by atoms with Crippen molar-refractivity contribution in [3.63, 3.8) is 0 Å². The van der Waals surface area contributed by atoms with Crippen LogP contribution in [0.1, 0.15) is 18.4 Å². The van der Waals surface area contributed by atoms with Gasteiger partial charge < -0.3 is 24.6 Å². The first-order chi connectivity index (χ1) is 20.6. The van der Waals surface area contributed by atoms with Crippen LogP contribution in [-0.2, 0) is 16.1 Å². The maximum absolute atomic E-state index is 12.1. The van der Waals surface area contributed by atoms with E-state index in [9.17, 15) is 4.79 Å². The van der Waals surface area contributed by atoms with Crippen LogP contribution < -0.4 is 15.0 Å². The van der Waals surface area contributed by atoms with E-state index in [1.54, 1.807) is 6.20 Å². The molecule has 5 rings (SSSR count). The Morgan fingerprint density at radius 1 is 1.12 bits per heavy atom. The van der Waals surface area contributed by atoms with Crippen LogP contribution in [0.25, 0.3) is 11.3 Å². The molecule has 0 atom stereocenters. The fourth-order valence-corrected chi connectivity index (χ4v) is 5.14. The van der Waals surface area contributed by atoms with Crippen LogP contribution in [0.3, 0.4) is 0 Å². The lowest BCUT2D eigenvalue weighted by Gasteiger charge is -2.26. The fourth-order valence-electron chi connectivity index (χ4n) is 5.14. The number of anilines is 3. The number of hydrogen-bond acceptors (Lipinski definition) is 8. The number of hydrogen-bond donors (Lipinski definition) is 1. The van der Waals surface area contributed by atoms with Crippen molar-refractivity contribution in [2.45, 2.75) is 19.4 Å². The number of amides is 1. The summed E-state index contributed by atoms with van der Waals surface area (Å²) in [5.41, 5.74) is 4.85. The van der Waals surface area contributed by atoms with E-state index in [4.69, 9.17) is 14.5 Å². The average molecular weight is 569 g/mol. The Morgan fingerprint density at radius 2 is 2.05 bits per heavy atom. The van der Waals surface area contributed by atoms with Crippen molar-refractivity contribution in [3.8, 4) is 17.0 Å². The standard InChI is InChI=1S/C33H40N6O3/c1-3-32(40)39-14-8-13-38(17-18-39)16-15-37(2)29-22-26-21-28(24-29)35-33-34-12-11-31(36-33)27-9-7-10-30(23-27)42-20-6-4-5-19-41-25-26/h3-5,7,9-12,21-24H,1,6,8,13-20,25H2,2H3,(H,34,35,36)/b5-4+. The average Bonchev–Trinajstić information content (AvgIpc) is 3.26. The van der Waals surface area contributed by atoms with Crippen LogP contribution in [-0.4, -0.2) is 85.2 Å². The highest BCUT2D eigenvalue weighted by molar-refractivity contribution is 5.87. The van der Waals surface area contributed by atoms with Crippen molar-refractivity contribution in [2.75, 3.05) is 69.7 Å². The molecule has 1 amide bonds. The summed E-state index contributed by atoms with van der Waals surface area (Å²) in [6, 6.07) is 16.3. The van der Waals surface area contributed by atoms with Gasteiger partial charge in [-0.05, 0) is 67.4 Å². The molecule has 3 heterocycles. The third-order valence-electron chi connectivity index (χ3n) is 7.49. The first-order valence-electron chi connectivity index (χ1n) is 14.6. The molecule has 42 heavy (non-hydrogen) atoms. The van der Waals surface area contributed by atoms with E-state index < -0.39 is 0 Å². The van der Waals surface area contributed by atoms with Crippen molar-refractivity contribution in [3.05, 3.63) is 85.1 Å². The van der Waals surface area contributed by atoms with Crippen molar-refractivity contribution in [2.24, 2.45) is 0 Å². The summed E-state index contributed by atoms with van der Waals surface area (Å²) in [4.78, 5) is 27.9. The molecule has 2 aliphatic heterocycles. The van der Waals surface area contributed by atoms with Crippen LogP contribution in [0, 0.1) is 0 Å². The second-order valence-electron chi connectivity index (χ2n) is 10.6. The minimum absolute atomic E-state index is 0.0174. The summed E-state index contributed by atoms with van der Waals surface area (Å²) in [5, 5.41) is 3.42. The van der Waals surface area contributed by atoms with Gasteiger partial charge in [-0.15, -0.1) is 0 Å². The molecule has 1 fully saturated rings. The topological polar surface area (TPSA) is 83.1 Å². The first-order valence-corrected chi connectivity index (χ1v) is 14.6. The molecule has 9 nitrogen and oxygen atoms in total. The Morgan fingerprint density at radius 3 is 2.95 bits per heavy atom. The largest absolute Gasteiger partial charge is 0.493 e. The molecular formula is C33H40N6O3. The third-order valence-corrected chi connectivity index (χ3v) is 7.49. The number of rotatable bonds is 5. The van der Waals surface area contributed by atoms with Gasteiger partial charge in [0.1, 0.15) is 5.75 Å². The van der Waals surface area contributed by atoms with E-state index >= 15 is 0 Å². The number of nitrogens with one attached hydrogen (secondary N) is 1. The Labute approximate surface area is 248 Å². The van der Waals surface area contributed by atoms with E-state index in [1.807, 2.05) is 41.3 Å². The Bertz CT molecular complexity index is 1390. The van der Waals surface area contributed by atoms with Crippen molar-refractivity contribution < 1.29 is 14.3 Å². The van der Waals surface area contributed by atoms with Crippen LogP contribution in [0.15, 0.2) is 79.5 Å². The van der Waals surface area contributed by atoms with Gasteiger partial charge in [-0.2, -0.15) is 0 Å². The molecule has 0 radical (unpaired) electrons. The summed E-state index contributed by atoms with van der Waals surface area (Å²) in [5.74, 6) is 1.36. The zero-order chi connectivity index (χ0) is 29.1. The van der Waals surface area contributed by atoms with E-state index in [0.717, 1.165) is 86.1 Å². The van der Waals surface area contributed by atoms with Gasteiger partial charge in [0.15, 0.2) is 0 Å². The Kier molecular flexibility index (Phi) is 10.2. The number of fused-ring (bicyclic) bond motifs is 7. The van der Waals surface area contributed by atoms with Gasteiger partial charge in [-0.25, -0.2) is 9.97 Å². The Hall–Kier alpha value is -4.21. The maximum Gasteiger partial charge on any atom is 0.245 e. The number of ether oxygens (including phenoxy) is 2. The molecule has 3 aromatic rings. The maximum atomic E-state index is 12.1. The molecule has 1 saturated heterocycles. The van der Waals surface area contributed by atoms with E-state index in [0.29, 0.717) is 25.8 Å². The predicted molar refractivity (Wildman–Crippen MR) is 167 cm³/mol. The lowest BCUT2D eigenvalue weighted by molar-refractivity contribution is -0.125. The van der Waals surface area contributed by atoms with Gasteiger partial charge in [-0.3, -0.25) is 9.69 Å². The van der Waals surface area contributed by atoms with E-state index in [1.165, 1.54) is 6.08 Å². The zero-order valence-corrected chi connectivity index (χ0v) is 24.4. The first kappa shape index (κ1) is 29.3. The van der Waals surface area contributed by atoms with Crippen LogP contribution in [0.4, 0.5) is 17.3 Å². The molecule has 6 bridgehead atoms. The van der Waals surface area contributed by atoms with Crippen molar-refractivity contribution in [1.82, 2.24) is 19.8 Å². The highest BCUT2D eigenvalue weighted by atomic mass is 16.5. The SMILES string of the molecule is C=CC(=O)N1CCCN(CCN(C)c2cc3cc(c2)Nc2nccc(n2)-c2cccc(c2)OCC/C=C/COC3)CC1. The molecule has 0 unspecified atom stereocenters. The normalized spacial score (nSPS) is 17.0. The number of aromatic nitrogens is 2. The molecule has 2 aliphatic rings. The summed E-state index contributed by atoms with van der Waals surface area (Å²) in [6.45, 7) is 10.4. The lowest BCUT2D eigenvalue weighted by atomic mass is 10.1. The summed E-state index contributed by atoms with van der Waals surface area (Å²) in [6.07, 6.45) is 9.09. The number of benzene rings is 2. The number of carbonyl (C=O) groups excluding carboxylic acids is 1. The van der Waals surface area contributed by atoms with Crippen molar-refractivity contribution in [1.29, 1.82) is 0 Å². The number of likely N-dealkylation sites (N-methyl/N-ethyl adjacent to an activating group) is 1. The zero-order valence-electron chi connectivity index (χ0n) is 24.4.